The number of halogens is 2. The van der Waals surface area contributed by atoms with Gasteiger partial charge < -0.3 is 14.6 Å². The molecule has 1 saturated heterocycles. The summed E-state index contributed by atoms with van der Waals surface area (Å²) in [4.78, 5) is 14.0. The van der Waals surface area contributed by atoms with Crippen molar-refractivity contribution in [3.05, 3.63) is 46.1 Å². The van der Waals surface area contributed by atoms with Gasteiger partial charge in [0.2, 0.25) is 5.62 Å². The second kappa shape index (κ2) is 7.35. The first-order chi connectivity index (χ1) is 13.7. The van der Waals surface area contributed by atoms with Gasteiger partial charge in [0.1, 0.15) is 11.6 Å². The standard InChI is InChI=1S/C20H19Cl2N5O/c21-13-1-2-15(17(22)10-13)16-9-12-11-24-20(25-14-3-7-28-8-4-14)26-18(12)27-6-5-23-19(16)27/h1-2,9-11,14,23H,3-8H2. The van der Waals surface area contributed by atoms with Crippen LogP contribution in [0.3, 0.4) is 0 Å². The van der Waals surface area contributed by atoms with Crippen molar-refractivity contribution in [2.24, 2.45) is 4.99 Å². The molecule has 0 aliphatic carbocycles. The number of aromatic nitrogens is 3. The monoisotopic (exact) mass is 415 g/mol. The predicted molar refractivity (Wildman–Crippen MR) is 110 cm³/mol. The van der Waals surface area contributed by atoms with Crippen LogP contribution >= 0.6 is 23.2 Å². The Labute approximate surface area is 172 Å². The molecular weight excluding hydrogens is 397 g/mol. The van der Waals surface area contributed by atoms with Gasteiger partial charge in [-0.05, 0) is 31.0 Å². The fourth-order valence-electron chi connectivity index (χ4n) is 3.81. The maximum absolute atomic E-state index is 6.47. The van der Waals surface area contributed by atoms with E-state index in [0.717, 1.165) is 67.5 Å². The molecule has 1 fully saturated rings. The van der Waals surface area contributed by atoms with Crippen LogP contribution in [0.25, 0.3) is 22.5 Å². The van der Waals surface area contributed by atoms with Crippen LogP contribution in [0, 0.1) is 0 Å². The molecule has 0 aromatic heterocycles. The Bertz CT molecular complexity index is 1070. The quantitative estimate of drug-likeness (QED) is 0.689. The lowest BCUT2D eigenvalue weighted by atomic mass is 10.0. The SMILES string of the molecule is Clc1ccc(-c2cc3cnc(=NC4CCOCC4)nc-3n3c2NCC3)c(Cl)c1. The molecule has 0 atom stereocenters. The topological polar surface area (TPSA) is 64.3 Å². The molecule has 0 saturated carbocycles. The summed E-state index contributed by atoms with van der Waals surface area (Å²) in [6.45, 7) is 3.18. The molecule has 1 aromatic carbocycles. The zero-order valence-electron chi connectivity index (χ0n) is 15.2. The van der Waals surface area contributed by atoms with Crippen molar-refractivity contribution in [3.63, 3.8) is 0 Å². The Kier molecular flexibility index (Phi) is 4.70. The minimum Gasteiger partial charge on any atom is -0.381 e. The van der Waals surface area contributed by atoms with Crippen molar-refractivity contribution < 1.29 is 4.74 Å². The van der Waals surface area contributed by atoms with E-state index in [1.165, 1.54) is 0 Å². The van der Waals surface area contributed by atoms with Gasteiger partial charge >= 0.3 is 0 Å². The molecule has 4 aliphatic rings. The van der Waals surface area contributed by atoms with Gasteiger partial charge in [0.25, 0.3) is 0 Å². The van der Waals surface area contributed by atoms with E-state index in [0.29, 0.717) is 15.7 Å². The highest BCUT2D eigenvalue weighted by Gasteiger charge is 2.23. The number of benzene rings is 1. The van der Waals surface area contributed by atoms with Gasteiger partial charge in [-0.25, -0.2) is 9.98 Å². The molecule has 28 heavy (non-hydrogen) atoms. The van der Waals surface area contributed by atoms with E-state index in [-0.39, 0.29) is 6.04 Å². The summed E-state index contributed by atoms with van der Waals surface area (Å²) in [6, 6.07) is 7.87. The number of pyridine rings is 1. The number of fused-ring (bicyclic) bond motifs is 3. The highest BCUT2D eigenvalue weighted by atomic mass is 35.5. The maximum atomic E-state index is 6.47. The van der Waals surface area contributed by atoms with Crippen LogP contribution in [-0.4, -0.2) is 40.3 Å². The third-order valence-electron chi connectivity index (χ3n) is 5.20. The molecule has 0 bridgehead atoms. The second-order valence-electron chi connectivity index (χ2n) is 7.03. The number of anilines is 1. The lowest BCUT2D eigenvalue weighted by Crippen LogP contribution is -2.25. The summed E-state index contributed by atoms with van der Waals surface area (Å²) in [5.41, 5.74) is 3.45. The Morgan fingerprint density at radius 1 is 1.14 bits per heavy atom. The molecule has 1 aromatic rings. The van der Waals surface area contributed by atoms with Gasteiger partial charge in [-0.1, -0.05) is 29.3 Å². The molecule has 1 N–H and O–H groups in total. The van der Waals surface area contributed by atoms with Crippen LogP contribution in [0.1, 0.15) is 12.8 Å². The number of rotatable bonds is 2. The molecule has 4 heterocycles. The van der Waals surface area contributed by atoms with E-state index in [9.17, 15) is 0 Å². The van der Waals surface area contributed by atoms with Gasteiger partial charge in [-0.3, -0.25) is 0 Å². The Hall–Kier alpha value is -2.15. The summed E-state index contributed by atoms with van der Waals surface area (Å²) >= 11 is 12.5. The van der Waals surface area contributed by atoms with Gasteiger partial charge in [0, 0.05) is 54.2 Å². The fraction of sp³-hybridized carbons (Fsp3) is 0.350. The summed E-state index contributed by atoms with van der Waals surface area (Å²) in [7, 11) is 0. The van der Waals surface area contributed by atoms with Gasteiger partial charge in [-0.2, -0.15) is 4.98 Å². The van der Waals surface area contributed by atoms with Gasteiger partial charge in [0.05, 0.1) is 11.1 Å². The summed E-state index contributed by atoms with van der Waals surface area (Å²) in [6.07, 6.45) is 3.68. The highest BCUT2D eigenvalue weighted by Crippen LogP contribution is 2.40. The van der Waals surface area contributed by atoms with Crippen molar-refractivity contribution >= 4 is 29.0 Å². The Balaban J connectivity index is 1.65. The second-order valence-corrected chi connectivity index (χ2v) is 7.87. The number of hydrogen-bond donors (Lipinski definition) is 1. The van der Waals surface area contributed by atoms with Crippen LogP contribution in [0.2, 0.25) is 10.0 Å². The first-order valence-electron chi connectivity index (χ1n) is 9.40. The fourth-order valence-corrected chi connectivity index (χ4v) is 4.32. The minimum absolute atomic E-state index is 0.231. The highest BCUT2D eigenvalue weighted by molar-refractivity contribution is 6.36. The molecule has 5 rings (SSSR count). The zero-order chi connectivity index (χ0) is 19.1. The average Bonchev–Trinajstić information content (AvgIpc) is 3.19. The van der Waals surface area contributed by atoms with E-state index in [1.807, 2.05) is 18.3 Å². The van der Waals surface area contributed by atoms with E-state index >= 15 is 0 Å². The number of nitrogens with zero attached hydrogens (tertiary/aromatic N) is 4. The summed E-state index contributed by atoms with van der Waals surface area (Å²) < 4.78 is 7.59. The number of ether oxygens (including phenoxy) is 1. The first kappa shape index (κ1) is 17.9. The van der Waals surface area contributed by atoms with E-state index < -0.39 is 0 Å². The van der Waals surface area contributed by atoms with Crippen LogP contribution in [0.15, 0.2) is 35.5 Å². The molecular formula is C20H19Cl2N5O. The molecule has 144 valence electrons. The third kappa shape index (κ3) is 3.26. The summed E-state index contributed by atoms with van der Waals surface area (Å²) in [5, 5.41) is 4.71. The van der Waals surface area contributed by atoms with Crippen molar-refractivity contribution in [2.75, 3.05) is 25.1 Å². The van der Waals surface area contributed by atoms with Crippen molar-refractivity contribution in [1.29, 1.82) is 0 Å². The van der Waals surface area contributed by atoms with Crippen LogP contribution in [0.4, 0.5) is 5.82 Å². The molecule has 8 heteroatoms. The average molecular weight is 416 g/mol. The Morgan fingerprint density at radius 2 is 2.00 bits per heavy atom. The zero-order valence-corrected chi connectivity index (χ0v) is 16.7. The van der Waals surface area contributed by atoms with E-state index in [4.69, 9.17) is 37.9 Å². The largest absolute Gasteiger partial charge is 0.381 e. The molecule has 0 unspecified atom stereocenters. The first-order valence-corrected chi connectivity index (χ1v) is 10.2. The van der Waals surface area contributed by atoms with Crippen molar-refractivity contribution in [2.45, 2.75) is 25.4 Å². The molecule has 6 nitrogen and oxygen atoms in total. The maximum Gasteiger partial charge on any atom is 0.246 e. The molecule has 0 spiro atoms. The molecule has 4 aliphatic heterocycles. The minimum atomic E-state index is 0.231. The predicted octanol–water partition coefficient (Wildman–Crippen LogP) is 3.86. The van der Waals surface area contributed by atoms with Crippen molar-refractivity contribution in [1.82, 2.24) is 14.5 Å². The van der Waals surface area contributed by atoms with Crippen LogP contribution < -0.4 is 10.9 Å². The lowest BCUT2D eigenvalue weighted by molar-refractivity contribution is 0.0861. The van der Waals surface area contributed by atoms with E-state index in [1.54, 1.807) is 6.07 Å². The number of hydrogen-bond acceptors (Lipinski definition) is 5. The molecule has 0 radical (unpaired) electrons. The lowest BCUT2D eigenvalue weighted by Gasteiger charge is -2.19. The Morgan fingerprint density at radius 3 is 2.82 bits per heavy atom. The number of nitrogens with one attached hydrogen (secondary N) is 1. The van der Waals surface area contributed by atoms with Gasteiger partial charge in [0.15, 0.2) is 0 Å². The van der Waals surface area contributed by atoms with E-state index in [2.05, 4.69) is 20.9 Å². The van der Waals surface area contributed by atoms with Crippen molar-refractivity contribution in [3.8, 4) is 22.5 Å². The van der Waals surface area contributed by atoms with Crippen LogP contribution in [-0.2, 0) is 11.3 Å². The third-order valence-corrected chi connectivity index (χ3v) is 5.75. The molecule has 0 amide bonds. The normalized spacial score (nSPS) is 17.7. The van der Waals surface area contributed by atoms with Gasteiger partial charge in [-0.15, -0.1) is 0 Å². The summed E-state index contributed by atoms with van der Waals surface area (Å²) in [5.74, 6) is 1.89. The van der Waals surface area contributed by atoms with Crippen LogP contribution in [0.5, 0.6) is 0 Å². The smallest absolute Gasteiger partial charge is 0.246 e.